The molecular weight excluding hydrogens is 376 g/mol. The van der Waals surface area contributed by atoms with E-state index in [-0.39, 0.29) is 6.04 Å². The first-order valence-corrected chi connectivity index (χ1v) is 10.5. The molecule has 7 nitrogen and oxygen atoms in total. The average molecular weight is 403 g/mol. The number of ether oxygens (including phenoxy) is 1. The van der Waals surface area contributed by atoms with E-state index < -0.39 is 0 Å². The van der Waals surface area contributed by atoms with E-state index in [2.05, 4.69) is 63.2 Å². The maximum atomic E-state index is 5.66. The van der Waals surface area contributed by atoms with Crippen LogP contribution in [0.1, 0.15) is 36.0 Å². The summed E-state index contributed by atoms with van der Waals surface area (Å²) < 4.78 is 9.84. The summed E-state index contributed by atoms with van der Waals surface area (Å²) in [6.45, 7) is 5.68. The first-order chi connectivity index (χ1) is 14.6. The first kappa shape index (κ1) is 18.9. The van der Waals surface area contributed by atoms with Crippen molar-refractivity contribution in [2.24, 2.45) is 13.0 Å². The standard InChI is InChI=1S/C23H26N6O/c1-15-22(28(3)27-26-15)19-13-21-20(14-24-19)25-16(2)29(21)23(17-7-5-4-6-8-17)18-9-11-30-12-10-18/h4-8,13-14,18,23H,9-12H2,1-3H3/t23-/m0/s1. The highest BCUT2D eigenvalue weighted by Crippen LogP contribution is 2.37. The van der Waals surface area contributed by atoms with Gasteiger partial charge in [0.1, 0.15) is 17.0 Å². The second-order valence-corrected chi connectivity index (χ2v) is 8.04. The van der Waals surface area contributed by atoms with Gasteiger partial charge in [-0.1, -0.05) is 35.5 Å². The van der Waals surface area contributed by atoms with Gasteiger partial charge < -0.3 is 9.30 Å². The number of aryl methyl sites for hydroxylation is 3. The second kappa shape index (κ2) is 7.65. The number of fused-ring (bicyclic) bond motifs is 1. The van der Waals surface area contributed by atoms with Crippen LogP contribution in [-0.2, 0) is 11.8 Å². The highest BCUT2D eigenvalue weighted by Gasteiger charge is 2.29. The SMILES string of the molecule is Cc1nnn(C)c1-c1cc2c(cn1)nc(C)n2[C@@H](c1ccccc1)C1CCOCC1. The molecule has 4 heterocycles. The highest BCUT2D eigenvalue weighted by molar-refractivity contribution is 5.80. The summed E-state index contributed by atoms with van der Waals surface area (Å²) in [5.74, 6) is 1.50. The number of hydrogen-bond donors (Lipinski definition) is 0. The molecule has 3 aromatic heterocycles. The van der Waals surface area contributed by atoms with Gasteiger partial charge in [0.25, 0.3) is 0 Å². The van der Waals surface area contributed by atoms with Crippen molar-refractivity contribution in [3.63, 3.8) is 0 Å². The van der Waals surface area contributed by atoms with E-state index in [0.29, 0.717) is 5.92 Å². The molecule has 154 valence electrons. The van der Waals surface area contributed by atoms with Gasteiger partial charge in [-0.2, -0.15) is 0 Å². The molecule has 1 saturated heterocycles. The summed E-state index contributed by atoms with van der Waals surface area (Å²) in [5, 5.41) is 8.34. The van der Waals surface area contributed by atoms with Crippen LogP contribution in [0.25, 0.3) is 22.4 Å². The molecule has 0 saturated carbocycles. The Morgan fingerprint density at radius 1 is 1.10 bits per heavy atom. The second-order valence-electron chi connectivity index (χ2n) is 8.04. The Kier molecular flexibility index (Phi) is 4.83. The molecule has 7 heteroatoms. The lowest BCUT2D eigenvalue weighted by molar-refractivity contribution is 0.0545. The van der Waals surface area contributed by atoms with Gasteiger partial charge in [-0.15, -0.1) is 5.10 Å². The number of pyridine rings is 1. The topological polar surface area (TPSA) is 70.7 Å². The van der Waals surface area contributed by atoms with Crippen LogP contribution in [0.3, 0.4) is 0 Å². The number of benzene rings is 1. The zero-order chi connectivity index (χ0) is 20.7. The number of hydrogen-bond acceptors (Lipinski definition) is 5. The van der Waals surface area contributed by atoms with E-state index in [4.69, 9.17) is 9.72 Å². The zero-order valence-corrected chi connectivity index (χ0v) is 17.6. The fraction of sp³-hybridized carbons (Fsp3) is 0.391. The van der Waals surface area contributed by atoms with Crippen molar-refractivity contribution in [2.75, 3.05) is 13.2 Å². The molecule has 0 radical (unpaired) electrons. The number of imidazole rings is 1. The van der Waals surface area contributed by atoms with Crippen LogP contribution in [0.4, 0.5) is 0 Å². The Hall–Kier alpha value is -3.06. The van der Waals surface area contributed by atoms with Gasteiger partial charge in [0.15, 0.2) is 0 Å². The minimum Gasteiger partial charge on any atom is -0.381 e. The number of nitrogens with zero attached hydrogens (tertiary/aromatic N) is 6. The minimum atomic E-state index is 0.209. The molecule has 5 rings (SSSR count). The van der Waals surface area contributed by atoms with Gasteiger partial charge in [-0.25, -0.2) is 9.67 Å². The lowest BCUT2D eigenvalue weighted by Gasteiger charge is -2.33. The van der Waals surface area contributed by atoms with Gasteiger partial charge in [0.2, 0.25) is 0 Å². The summed E-state index contributed by atoms with van der Waals surface area (Å²) >= 11 is 0. The van der Waals surface area contributed by atoms with E-state index >= 15 is 0 Å². The molecule has 0 aliphatic carbocycles. The maximum absolute atomic E-state index is 5.66. The minimum absolute atomic E-state index is 0.209. The molecule has 1 atom stereocenters. The van der Waals surface area contributed by atoms with Crippen LogP contribution >= 0.6 is 0 Å². The summed E-state index contributed by atoms with van der Waals surface area (Å²) in [5.41, 5.74) is 5.99. The largest absolute Gasteiger partial charge is 0.381 e. The van der Waals surface area contributed by atoms with Crippen LogP contribution in [0.5, 0.6) is 0 Å². The molecule has 30 heavy (non-hydrogen) atoms. The third kappa shape index (κ3) is 3.19. The Bertz CT molecular complexity index is 1150. The molecule has 0 unspecified atom stereocenters. The van der Waals surface area contributed by atoms with Crippen molar-refractivity contribution in [1.82, 2.24) is 29.5 Å². The fourth-order valence-corrected chi connectivity index (χ4v) is 4.73. The molecule has 1 fully saturated rings. The predicted molar refractivity (Wildman–Crippen MR) is 115 cm³/mol. The Balaban J connectivity index is 1.70. The Morgan fingerprint density at radius 3 is 2.57 bits per heavy atom. The summed E-state index contributed by atoms with van der Waals surface area (Å²) in [7, 11) is 1.90. The predicted octanol–water partition coefficient (Wildman–Crippen LogP) is 3.86. The van der Waals surface area contributed by atoms with E-state index in [1.54, 1.807) is 4.68 Å². The zero-order valence-electron chi connectivity index (χ0n) is 17.6. The monoisotopic (exact) mass is 402 g/mol. The fourth-order valence-electron chi connectivity index (χ4n) is 4.73. The van der Waals surface area contributed by atoms with Crippen LogP contribution in [0.15, 0.2) is 42.6 Å². The molecule has 0 bridgehead atoms. The van der Waals surface area contributed by atoms with Gasteiger partial charge in [0.05, 0.1) is 29.1 Å². The number of rotatable bonds is 4. The third-order valence-electron chi connectivity index (χ3n) is 6.12. The van der Waals surface area contributed by atoms with Crippen molar-refractivity contribution in [3.05, 3.63) is 59.7 Å². The highest BCUT2D eigenvalue weighted by atomic mass is 16.5. The molecule has 0 amide bonds. The maximum Gasteiger partial charge on any atom is 0.110 e. The quantitative estimate of drug-likeness (QED) is 0.518. The lowest BCUT2D eigenvalue weighted by atomic mass is 9.86. The van der Waals surface area contributed by atoms with E-state index in [1.807, 2.05) is 20.2 Å². The average Bonchev–Trinajstić information content (AvgIpc) is 3.28. The third-order valence-corrected chi connectivity index (χ3v) is 6.12. The van der Waals surface area contributed by atoms with Crippen molar-refractivity contribution in [2.45, 2.75) is 32.7 Å². The van der Waals surface area contributed by atoms with Crippen LogP contribution in [0, 0.1) is 19.8 Å². The van der Waals surface area contributed by atoms with Crippen molar-refractivity contribution < 1.29 is 4.74 Å². The van der Waals surface area contributed by atoms with Crippen LogP contribution in [0.2, 0.25) is 0 Å². The summed E-state index contributed by atoms with van der Waals surface area (Å²) in [4.78, 5) is 9.53. The Morgan fingerprint density at radius 2 is 1.87 bits per heavy atom. The van der Waals surface area contributed by atoms with E-state index in [9.17, 15) is 0 Å². The van der Waals surface area contributed by atoms with Gasteiger partial charge in [0, 0.05) is 20.3 Å². The van der Waals surface area contributed by atoms with Crippen LogP contribution in [-0.4, -0.2) is 42.7 Å². The molecular formula is C23H26N6O. The molecule has 4 aromatic rings. The Labute approximate surface area is 175 Å². The van der Waals surface area contributed by atoms with Crippen molar-refractivity contribution >= 4 is 11.0 Å². The smallest absolute Gasteiger partial charge is 0.110 e. The normalized spacial score (nSPS) is 16.2. The van der Waals surface area contributed by atoms with E-state index in [0.717, 1.165) is 60.0 Å². The molecule has 0 spiro atoms. The molecule has 1 aromatic carbocycles. The van der Waals surface area contributed by atoms with Crippen LogP contribution < -0.4 is 0 Å². The van der Waals surface area contributed by atoms with Gasteiger partial charge in [-0.3, -0.25) is 4.98 Å². The van der Waals surface area contributed by atoms with Gasteiger partial charge in [-0.05, 0) is 44.2 Å². The molecule has 1 aliphatic rings. The van der Waals surface area contributed by atoms with Gasteiger partial charge >= 0.3 is 0 Å². The summed E-state index contributed by atoms with van der Waals surface area (Å²) in [6, 6.07) is 13.1. The molecule has 1 aliphatic heterocycles. The van der Waals surface area contributed by atoms with Crippen molar-refractivity contribution in [3.8, 4) is 11.4 Å². The first-order valence-electron chi connectivity index (χ1n) is 10.5. The number of aromatic nitrogens is 6. The van der Waals surface area contributed by atoms with Crippen molar-refractivity contribution in [1.29, 1.82) is 0 Å². The lowest BCUT2D eigenvalue weighted by Crippen LogP contribution is -2.27. The van der Waals surface area contributed by atoms with E-state index in [1.165, 1.54) is 5.56 Å². The summed E-state index contributed by atoms with van der Waals surface area (Å²) in [6.07, 6.45) is 3.95. The molecule has 0 N–H and O–H groups in total.